The van der Waals surface area contributed by atoms with Gasteiger partial charge in [0.1, 0.15) is 0 Å². The summed E-state index contributed by atoms with van der Waals surface area (Å²) in [6.07, 6.45) is -0.244. The Morgan fingerprint density at radius 3 is 2.15 bits per heavy atom. The van der Waals surface area contributed by atoms with Crippen molar-refractivity contribution in [2.75, 3.05) is 34.0 Å². The molecule has 0 aliphatic carbocycles. The van der Waals surface area contributed by atoms with Gasteiger partial charge in [-0.15, -0.1) is 0 Å². The zero-order chi connectivity index (χ0) is 10.1. The molecule has 0 aromatic carbocycles. The summed E-state index contributed by atoms with van der Waals surface area (Å²) in [6, 6.07) is 0.0972. The Kier molecular flexibility index (Phi) is 8.33. The molecule has 0 saturated heterocycles. The maximum absolute atomic E-state index is 5.31. The minimum atomic E-state index is -0.244. The first-order valence-corrected chi connectivity index (χ1v) is 4.66. The van der Waals surface area contributed by atoms with Crippen LogP contribution >= 0.6 is 0 Å². The molecule has 0 aromatic heterocycles. The van der Waals surface area contributed by atoms with Crippen LogP contribution in [0.5, 0.6) is 0 Å². The van der Waals surface area contributed by atoms with Crippen LogP contribution in [-0.4, -0.2) is 46.3 Å². The number of ether oxygens (including phenoxy) is 3. The first-order chi connectivity index (χ1) is 6.29. The lowest BCUT2D eigenvalue weighted by molar-refractivity contribution is -0.133. The lowest BCUT2D eigenvalue weighted by atomic mass is 10.3. The average molecular weight is 191 g/mol. The summed E-state index contributed by atoms with van der Waals surface area (Å²) in [7, 11) is 3.26. The second-order valence-electron chi connectivity index (χ2n) is 2.66. The molecule has 0 aliphatic rings. The van der Waals surface area contributed by atoms with Crippen molar-refractivity contribution in [2.24, 2.45) is 0 Å². The van der Waals surface area contributed by atoms with E-state index in [-0.39, 0.29) is 12.3 Å². The third-order valence-corrected chi connectivity index (χ3v) is 1.76. The summed E-state index contributed by atoms with van der Waals surface area (Å²) in [5, 5.41) is 3.24. The fraction of sp³-hybridized carbons (Fsp3) is 1.00. The number of rotatable bonds is 8. The van der Waals surface area contributed by atoms with Crippen LogP contribution in [0.3, 0.4) is 0 Å². The monoisotopic (exact) mass is 191 g/mol. The zero-order valence-electron chi connectivity index (χ0n) is 9.00. The van der Waals surface area contributed by atoms with Crippen LogP contribution in [0.1, 0.15) is 13.8 Å². The third kappa shape index (κ3) is 5.21. The molecule has 0 heterocycles. The predicted molar refractivity (Wildman–Crippen MR) is 51.8 cm³/mol. The van der Waals surface area contributed by atoms with Gasteiger partial charge in [0.05, 0.1) is 12.6 Å². The SMILES string of the molecule is CCNC(COCC)C(OC)OC. The van der Waals surface area contributed by atoms with Gasteiger partial charge >= 0.3 is 0 Å². The summed E-state index contributed by atoms with van der Waals surface area (Å²) in [6.45, 7) is 6.21. The van der Waals surface area contributed by atoms with Crippen molar-refractivity contribution in [3.05, 3.63) is 0 Å². The maximum atomic E-state index is 5.31. The quantitative estimate of drug-likeness (QED) is 0.571. The van der Waals surface area contributed by atoms with Crippen LogP contribution in [0, 0.1) is 0 Å². The molecule has 1 N–H and O–H groups in total. The number of likely N-dealkylation sites (N-methyl/N-ethyl adjacent to an activating group) is 1. The van der Waals surface area contributed by atoms with Crippen molar-refractivity contribution in [1.29, 1.82) is 0 Å². The molecule has 1 atom stereocenters. The molecule has 4 nitrogen and oxygen atoms in total. The summed E-state index contributed by atoms with van der Waals surface area (Å²) < 4.78 is 15.6. The first-order valence-electron chi connectivity index (χ1n) is 4.66. The van der Waals surface area contributed by atoms with Gasteiger partial charge in [-0.1, -0.05) is 6.92 Å². The molecule has 0 amide bonds. The fourth-order valence-corrected chi connectivity index (χ4v) is 1.17. The van der Waals surface area contributed by atoms with Crippen molar-refractivity contribution in [3.8, 4) is 0 Å². The smallest absolute Gasteiger partial charge is 0.174 e. The van der Waals surface area contributed by atoms with E-state index < -0.39 is 0 Å². The Hall–Kier alpha value is -0.160. The molecule has 0 radical (unpaired) electrons. The van der Waals surface area contributed by atoms with Crippen LogP contribution in [0.25, 0.3) is 0 Å². The van der Waals surface area contributed by atoms with Gasteiger partial charge in [0.25, 0.3) is 0 Å². The summed E-state index contributed by atoms with van der Waals surface area (Å²) in [5.41, 5.74) is 0. The fourth-order valence-electron chi connectivity index (χ4n) is 1.17. The van der Waals surface area contributed by atoms with E-state index in [2.05, 4.69) is 5.32 Å². The lowest BCUT2D eigenvalue weighted by Gasteiger charge is -2.24. The van der Waals surface area contributed by atoms with Crippen molar-refractivity contribution in [1.82, 2.24) is 5.32 Å². The van der Waals surface area contributed by atoms with Gasteiger partial charge in [-0.3, -0.25) is 0 Å². The Labute approximate surface area is 80.5 Å². The van der Waals surface area contributed by atoms with Crippen LogP contribution in [0.4, 0.5) is 0 Å². The Morgan fingerprint density at radius 1 is 1.15 bits per heavy atom. The van der Waals surface area contributed by atoms with E-state index in [1.165, 1.54) is 0 Å². The lowest BCUT2D eigenvalue weighted by Crippen LogP contribution is -2.45. The van der Waals surface area contributed by atoms with Crippen molar-refractivity contribution >= 4 is 0 Å². The topological polar surface area (TPSA) is 39.7 Å². The molecule has 0 bridgehead atoms. The Balaban J connectivity index is 3.88. The largest absolute Gasteiger partial charge is 0.380 e. The zero-order valence-corrected chi connectivity index (χ0v) is 9.00. The molecule has 0 rings (SSSR count). The standard InChI is InChI=1S/C9H21NO3/c1-5-10-8(7-13-6-2)9(11-3)12-4/h8-10H,5-7H2,1-4H3. The predicted octanol–water partition coefficient (Wildman–Crippen LogP) is 0.620. The molecular formula is C9H21NO3. The van der Waals surface area contributed by atoms with E-state index in [1.807, 2.05) is 13.8 Å². The van der Waals surface area contributed by atoms with Gasteiger partial charge in [0.15, 0.2) is 6.29 Å². The van der Waals surface area contributed by atoms with E-state index in [1.54, 1.807) is 14.2 Å². The normalized spacial score (nSPS) is 13.6. The molecule has 0 fully saturated rings. The minimum Gasteiger partial charge on any atom is -0.380 e. The van der Waals surface area contributed by atoms with Gasteiger partial charge in [0.2, 0.25) is 0 Å². The highest BCUT2D eigenvalue weighted by Crippen LogP contribution is 2.00. The van der Waals surface area contributed by atoms with Gasteiger partial charge in [-0.25, -0.2) is 0 Å². The molecule has 13 heavy (non-hydrogen) atoms. The van der Waals surface area contributed by atoms with Crippen LogP contribution in [0.15, 0.2) is 0 Å². The highest BCUT2D eigenvalue weighted by Gasteiger charge is 2.19. The average Bonchev–Trinajstić information content (AvgIpc) is 2.16. The third-order valence-electron chi connectivity index (χ3n) is 1.76. The van der Waals surface area contributed by atoms with Gasteiger partial charge < -0.3 is 19.5 Å². The Bertz CT molecular complexity index is 107. The molecule has 4 heteroatoms. The molecular weight excluding hydrogens is 170 g/mol. The van der Waals surface area contributed by atoms with E-state index in [0.29, 0.717) is 13.2 Å². The van der Waals surface area contributed by atoms with E-state index in [0.717, 1.165) is 6.54 Å². The molecule has 80 valence electrons. The van der Waals surface area contributed by atoms with Crippen LogP contribution in [0.2, 0.25) is 0 Å². The van der Waals surface area contributed by atoms with Crippen molar-refractivity contribution < 1.29 is 14.2 Å². The Morgan fingerprint density at radius 2 is 1.77 bits per heavy atom. The summed E-state index contributed by atoms with van der Waals surface area (Å²) in [4.78, 5) is 0. The van der Waals surface area contributed by atoms with E-state index in [4.69, 9.17) is 14.2 Å². The maximum Gasteiger partial charge on any atom is 0.174 e. The molecule has 0 aromatic rings. The second-order valence-corrected chi connectivity index (χ2v) is 2.66. The van der Waals surface area contributed by atoms with Crippen molar-refractivity contribution in [2.45, 2.75) is 26.2 Å². The molecule has 0 spiro atoms. The second kappa shape index (κ2) is 8.44. The highest BCUT2D eigenvalue weighted by atomic mass is 16.7. The van der Waals surface area contributed by atoms with Crippen molar-refractivity contribution in [3.63, 3.8) is 0 Å². The number of nitrogens with one attached hydrogen (secondary N) is 1. The van der Waals surface area contributed by atoms with Gasteiger partial charge in [-0.2, -0.15) is 0 Å². The van der Waals surface area contributed by atoms with Crippen LogP contribution < -0.4 is 5.32 Å². The minimum absolute atomic E-state index is 0.0972. The van der Waals surface area contributed by atoms with E-state index >= 15 is 0 Å². The number of hydrogen-bond donors (Lipinski definition) is 1. The summed E-state index contributed by atoms with van der Waals surface area (Å²) >= 11 is 0. The van der Waals surface area contributed by atoms with Gasteiger partial charge in [0, 0.05) is 20.8 Å². The molecule has 0 aliphatic heterocycles. The summed E-state index contributed by atoms with van der Waals surface area (Å²) in [5.74, 6) is 0. The van der Waals surface area contributed by atoms with Gasteiger partial charge in [-0.05, 0) is 13.5 Å². The number of methoxy groups -OCH3 is 2. The number of hydrogen-bond acceptors (Lipinski definition) is 4. The first kappa shape index (κ1) is 12.8. The van der Waals surface area contributed by atoms with E-state index in [9.17, 15) is 0 Å². The highest BCUT2D eigenvalue weighted by molar-refractivity contribution is 4.69. The molecule has 1 unspecified atom stereocenters. The molecule has 0 saturated carbocycles. The van der Waals surface area contributed by atoms with Crippen LogP contribution in [-0.2, 0) is 14.2 Å².